The van der Waals surface area contributed by atoms with Crippen LogP contribution in [0.1, 0.15) is 272 Å². The van der Waals surface area contributed by atoms with Crippen LogP contribution in [0, 0.1) is 0 Å². The number of esters is 4. The van der Waals surface area contributed by atoms with Gasteiger partial charge in [0.15, 0.2) is 12.2 Å². The van der Waals surface area contributed by atoms with Crippen LogP contribution in [0.15, 0.2) is 158 Å². The number of phosphoric acid groups is 2. The van der Waals surface area contributed by atoms with E-state index in [1.807, 2.05) is 0 Å². The molecule has 0 saturated carbocycles. The molecule has 100 heavy (non-hydrogen) atoms. The monoisotopic (exact) mass is 1440 g/mol. The molecule has 0 heterocycles. The summed E-state index contributed by atoms with van der Waals surface area (Å²) in [4.78, 5) is 72.8. The number of carbonyl (C=O) groups is 4. The number of ether oxygens (including phenoxy) is 4. The van der Waals surface area contributed by atoms with Gasteiger partial charge in [0.1, 0.15) is 19.3 Å². The molecule has 3 N–H and O–H groups in total. The maximum Gasteiger partial charge on any atom is 0.472 e. The van der Waals surface area contributed by atoms with Crippen LogP contribution in [-0.4, -0.2) is 96.7 Å². The van der Waals surface area contributed by atoms with Crippen molar-refractivity contribution in [3.05, 3.63) is 158 Å². The molecule has 0 fully saturated rings. The number of phosphoric ester groups is 2. The number of rotatable bonds is 69. The zero-order chi connectivity index (χ0) is 73.2. The molecule has 17 nitrogen and oxygen atoms in total. The molecule has 0 aromatic heterocycles. The molecular formula is C81H132O17P2. The van der Waals surface area contributed by atoms with Crippen molar-refractivity contribution in [1.29, 1.82) is 0 Å². The zero-order valence-electron chi connectivity index (χ0n) is 61.8. The number of carbonyl (C=O) groups excluding carboxylic acids is 4. The van der Waals surface area contributed by atoms with Gasteiger partial charge in [0.05, 0.1) is 26.4 Å². The standard InChI is InChI=1S/C81H132O17P2/c1-5-9-13-17-21-25-29-33-35-36-37-38-40-43-46-50-54-58-62-66-79(84)92-72-77(98-81(86)68-64-60-56-52-48-44-39-34-30-26-22-18-14-10-6-2)74-96-100(89,90)94-70-75(82)69-93-99(87,88)95-73-76(97-80(85)67-63-59-55-51-47-42-32-28-24-20-16-12-8-4)71-91-78(83)65-61-57-53-49-45-41-31-27-23-19-15-11-7-3/h9-10,13-16,19-22,25-28,31-35,37-39,43,46,48,52,75-77,82H,5-8,11-12,17-18,23-24,29-30,36,40-42,44-45,47,49-51,53-74H2,1-4H3,(H,87,88)(H,89,90)/b13-9-,14-10-,19-15-,20-16-,25-21-,26-22-,31-27-,32-28-,35-33-,38-37-,39-34-,46-43-,52-48-. The fraction of sp³-hybridized carbons (Fsp3) is 0.630. The van der Waals surface area contributed by atoms with Crippen LogP contribution < -0.4 is 0 Å². The zero-order valence-corrected chi connectivity index (χ0v) is 63.6. The van der Waals surface area contributed by atoms with Crippen LogP contribution in [-0.2, 0) is 65.4 Å². The van der Waals surface area contributed by atoms with Crippen LogP contribution in [0.5, 0.6) is 0 Å². The van der Waals surface area contributed by atoms with Gasteiger partial charge in [-0.05, 0) is 161 Å². The third-order valence-electron chi connectivity index (χ3n) is 14.9. The molecule has 0 saturated heterocycles. The summed E-state index contributed by atoms with van der Waals surface area (Å²) in [6.07, 6.45) is 82.4. The summed E-state index contributed by atoms with van der Waals surface area (Å²) < 4.78 is 68.3. The van der Waals surface area contributed by atoms with E-state index in [-0.39, 0.29) is 25.7 Å². The molecule has 568 valence electrons. The Morgan fingerprint density at radius 1 is 0.290 bits per heavy atom. The first-order chi connectivity index (χ1) is 48.7. The van der Waals surface area contributed by atoms with Gasteiger partial charge < -0.3 is 33.8 Å². The topological polar surface area (TPSA) is 237 Å². The van der Waals surface area contributed by atoms with Gasteiger partial charge in [-0.2, -0.15) is 0 Å². The summed E-state index contributed by atoms with van der Waals surface area (Å²) in [5.41, 5.74) is 0. The molecule has 0 amide bonds. The molecule has 0 aliphatic rings. The summed E-state index contributed by atoms with van der Waals surface area (Å²) in [5.74, 6) is -2.31. The Kier molecular flexibility index (Phi) is 68.2. The Morgan fingerprint density at radius 3 is 0.830 bits per heavy atom. The van der Waals surface area contributed by atoms with Gasteiger partial charge in [-0.1, -0.05) is 243 Å². The summed E-state index contributed by atoms with van der Waals surface area (Å²) >= 11 is 0. The van der Waals surface area contributed by atoms with Crippen molar-refractivity contribution < 1.29 is 80.2 Å². The number of hydrogen-bond donors (Lipinski definition) is 3. The lowest BCUT2D eigenvalue weighted by Crippen LogP contribution is -2.30. The highest BCUT2D eigenvalue weighted by Crippen LogP contribution is 2.45. The van der Waals surface area contributed by atoms with E-state index >= 15 is 0 Å². The molecule has 0 spiro atoms. The molecule has 0 radical (unpaired) electrons. The number of hydrogen-bond acceptors (Lipinski definition) is 15. The summed E-state index contributed by atoms with van der Waals surface area (Å²) in [6.45, 7) is 4.36. The highest BCUT2D eigenvalue weighted by atomic mass is 31.2. The van der Waals surface area contributed by atoms with Crippen LogP contribution in [0.3, 0.4) is 0 Å². The van der Waals surface area contributed by atoms with Gasteiger partial charge in [-0.25, -0.2) is 9.13 Å². The molecule has 5 atom stereocenters. The Morgan fingerprint density at radius 2 is 0.520 bits per heavy atom. The molecule has 0 rings (SSSR count). The van der Waals surface area contributed by atoms with Crippen molar-refractivity contribution in [2.45, 2.75) is 290 Å². The number of aliphatic hydroxyl groups excluding tert-OH is 1. The Balaban J connectivity index is 5.44. The average molecular weight is 1440 g/mol. The molecular weight excluding hydrogens is 1310 g/mol. The average Bonchev–Trinajstić information content (AvgIpc) is 0.946. The van der Waals surface area contributed by atoms with E-state index < -0.39 is 97.5 Å². The predicted molar refractivity (Wildman–Crippen MR) is 408 cm³/mol. The second-order valence-electron chi connectivity index (χ2n) is 24.5. The minimum absolute atomic E-state index is 0.0289. The largest absolute Gasteiger partial charge is 0.472 e. The van der Waals surface area contributed by atoms with E-state index in [4.69, 9.17) is 37.0 Å². The first-order valence-corrected chi connectivity index (χ1v) is 40.7. The molecule has 0 aliphatic heterocycles. The van der Waals surface area contributed by atoms with Crippen molar-refractivity contribution in [3.63, 3.8) is 0 Å². The van der Waals surface area contributed by atoms with Crippen molar-refractivity contribution in [3.8, 4) is 0 Å². The molecule has 0 aromatic rings. The SMILES string of the molecule is CC/C=C\C/C=C\C/C=C\C/C=C\C/C=C\CCCCCC(=O)OCC(COP(=O)(O)OCC(O)COP(=O)(O)OCC(COC(=O)CCCCCCC/C=C\C/C=C\CCC)OC(=O)CCCCCCC/C=C\C/C=C\CCC)OC(=O)CCCC/C=C\C/C=C\C/C=C\C/C=C\CC. The van der Waals surface area contributed by atoms with Crippen LogP contribution in [0.2, 0.25) is 0 Å². The van der Waals surface area contributed by atoms with Crippen LogP contribution in [0.4, 0.5) is 0 Å². The van der Waals surface area contributed by atoms with E-state index in [2.05, 4.69) is 186 Å². The fourth-order valence-corrected chi connectivity index (χ4v) is 10.8. The molecule has 0 aromatic carbocycles. The first-order valence-electron chi connectivity index (χ1n) is 37.7. The lowest BCUT2D eigenvalue weighted by atomic mass is 10.1. The van der Waals surface area contributed by atoms with E-state index in [0.717, 1.165) is 186 Å². The highest BCUT2D eigenvalue weighted by Gasteiger charge is 2.30. The number of allylic oxidation sites excluding steroid dienone is 26. The van der Waals surface area contributed by atoms with Gasteiger partial charge in [0, 0.05) is 25.7 Å². The lowest BCUT2D eigenvalue weighted by molar-refractivity contribution is -0.161. The van der Waals surface area contributed by atoms with Gasteiger partial charge in [-0.3, -0.25) is 37.3 Å². The quantitative estimate of drug-likeness (QED) is 0.0169. The van der Waals surface area contributed by atoms with E-state index in [9.17, 15) is 43.2 Å². The van der Waals surface area contributed by atoms with E-state index in [0.29, 0.717) is 32.1 Å². The first kappa shape index (κ1) is 94.7. The second kappa shape index (κ2) is 72.0. The van der Waals surface area contributed by atoms with Gasteiger partial charge in [0.2, 0.25) is 0 Å². The van der Waals surface area contributed by atoms with E-state index in [1.165, 1.54) is 0 Å². The molecule has 5 unspecified atom stereocenters. The third-order valence-corrected chi connectivity index (χ3v) is 16.8. The fourth-order valence-electron chi connectivity index (χ4n) is 9.25. The van der Waals surface area contributed by atoms with Crippen molar-refractivity contribution in [2.75, 3.05) is 39.6 Å². The third kappa shape index (κ3) is 71.1. The minimum atomic E-state index is -5.00. The van der Waals surface area contributed by atoms with Crippen molar-refractivity contribution in [1.82, 2.24) is 0 Å². The van der Waals surface area contributed by atoms with Crippen molar-refractivity contribution >= 4 is 39.5 Å². The Labute approximate surface area is 604 Å². The van der Waals surface area contributed by atoms with E-state index in [1.54, 1.807) is 0 Å². The van der Waals surface area contributed by atoms with Crippen molar-refractivity contribution in [2.24, 2.45) is 0 Å². The maximum atomic E-state index is 13.1. The maximum absolute atomic E-state index is 13.1. The van der Waals surface area contributed by atoms with Gasteiger partial charge in [-0.15, -0.1) is 0 Å². The van der Waals surface area contributed by atoms with Gasteiger partial charge >= 0.3 is 39.5 Å². The Bertz CT molecular complexity index is 2520. The summed E-state index contributed by atoms with van der Waals surface area (Å²) in [7, 11) is -9.99. The normalized spacial score (nSPS) is 14.8. The number of aliphatic hydroxyl groups is 1. The van der Waals surface area contributed by atoms with Crippen LogP contribution >= 0.6 is 15.6 Å². The molecule has 0 aliphatic carbocycles. The minimum Gasteiger partial charge on any atom is -0.462 e. The van der Waals surface area contributed by atoms with Crippen LogP contribution in [0.25, 0.3) is 0 Å². The van der Waals surface area contributed by atoms with Gasteiger partial charge in [0.25, 0.3) is 0 Å². The predicted octanol–water partition coefficient (Wildman–Crippen LogP) is 21.7. The summed E-state index contributed by atoms with van der Waals surface area (Å²) in [6, 6.07) is 0. The molecule has 0 bridgehead atoms. The lowest BCUT2D eigenvalue weighted by Gasteiger charge is -2.21. The number of unbranched alkanes of at least 4 members (excludes halogenated alkanes) is 17. The molecule has 19 heteroatoms. The summed E-state index contributed by atoms with van der Waals surface area (Å²) in [5, 5.41) is 10.6. The Hall–Kier alpha value is -5.32. The highest BCUT2D eigenvalue weighted by molar-refractivity contribution is 7.47. The smallest absolute Gasteiger partial charge is 0.462 e. The second-order valence-corrected chi connectivity index (χ2v) is 27.4.